The van der Waals surface area contributed by atoms with Gasteiger partial charge in [-0.25, -0.2) is 18.0 Å². The summed E-state index contributed by atoms with van der Waals surface area (Å²) < 4.78 is 27.6. The number of hydrogen-bond acceptors (Lipinski definition) is 7. The molecule has 3 rings (SSSR count). The minimum Gasteiger partial charge on any atom is -0.396 e. The van der Waals surface area contributed by atoms with E-state index >= 15 is 0 Å². The molecule has 3 aromatic rings. The van der Waals surface area contributed by atoms with Crippen LogP contribution in [0.25, 0.3) is 11.2 Å². The van der Waals surface area contributed by atoms with Crippen LogP contribution >= 0.6 is 0 Å². The summed E-state index contributed by atoms with van der Waals surface area (Å²) in [6.45, 7) is 1.84. The first-order valence-corrected chi connectivity index (χ1v) is 8.41. The Balaban J connectivity index is 1.99. The third-order valence-electron chi connectivity index (χ3n) is 3.49. The van der Waals surface area contributed by atoms with Gasteiger partial charge >= 0.3 is 0 Å². The van der Waals surface area contributed by atoms with E-state index in [-0.39, 0.29) is 4.90 Å². The lowest BCUT2D eigenvalue weighted by Gasteiger charge is -2.09. The fraction of sp³-hybridized carbons (Fsp3) is 0.214. The summed E-state index contributed by atoms with van der Waals surface area (Å²) in [6, 6.07) is 6.70. The Morgan fingerprint density at radius 3 is 2.50 bits per heavy atom. The number of pyridine rings is 1. The average molecular weight is 318 g/mol. The molecule has 0 unspecified atom stereocenters. The summed E-state index contributed by atoms with van der Waals surface area (Å²) in [6.07, 6.45) is 1.71. The molecular weight excluding hydrogens is 304 g/mol. The minimum absolute atomic E-state index is 0.287. The van der Waals surface area contributed by atoms with Crippen LogP contribution in [0, 0.1) is 6.92 Å². The van der Waals surface area contributed by atoms with Crippen LogP contribution in [0.3, 0.4) is 0 Å². The molecule has 114 valence electrons. The molecule has 2 N–H and O–H groups in total. The molecular formula is C14H14N4O3S. The van der Waals surface area contributed by atoms with E-state index in [9.17, 15) is 8.42 Å². The fourth-order valence-electron chi connectivity index (χ4n) is 2.27. The maximum absolute atomic E-state index is 11.5. The number of nitrogens with two attached hydrogens (primary N) is 1. The van der Waals surface area contributed by atoms with Crippen molar-refractivity contribution >= 4 is 26.7 Å². The van der Waals surface area contributed by atoms with Gasteiger partial charge in [-0.05, 0) is 34.9 Å². The van der Waals surface area contributed by atoms with Crippen LogP contribution in [0.5, 0.6) is 0 Å². The maximum Gasteiger partial charge on any atom is 0.226 e. The van der Waals surface area contributed by atoms with Crippen LogP contribution in [0.2, 0.25) is 0 Å². The quantitative estimate of drug-likeness (QED) is 0.778. The van der Waals surface area contributed by atoms with Crippen molar-refractivity contribution in [1.82, 2.24) is 15.3 Å². The van der Waals surface area contributed by atoms with E-state index in [2.05, 4.69) is 19.9 Å². The normalized spacial score (nSPS) is 11.9. The molecule has 1 aromatic carbocycles. The van der Waals surface area contributed by atoms with Gasteiger partial charge in [0.2, 0.25) is 5.65 Å². The second-order valence-electron chi connectivity index (χ2n) is 5.12. The smallest absolute Gasteiger partial charge is 0.226 e. The van der Waals surface area contributed by atoms with Crippen LogP contribution < -0.4 is 5.73 Å². The molecule has 0 bridgehead atoms. The zero-order valence-electron chi connectivity index (χ0n) is 12.1. The standard InChI is InChI=1S/C14H14N4O3S/c1-8-11(12(15)13-14(16-8)18-21-17-13)7-9-3-5-10(6-4-9)22(2,19)20/h3-6H,7,15H2,1-2H3. The Morgan fingerprint density at radius 2 is 1.86 bits per heavy atom. The second-order valence-corrected chi connectivity index (χ2v) is 7.13. The van der Waals surface area contributed by atoms with E-state index in [4.69, 9.17) is 5.73 Å². The molecule has 0 saturated heterocycles. The largest absolute Gasteiger partial charge is 0.396 e. The molecule has 0 amide bonds. The Morgan fingerprint density at radius 1 is 1.18 bits per heavy atom. The highest BCUT2D eigenvalue weighted by Crippen LogP contribution is 2.25. The number of aromatic nitrogens is 3. The Kier molecular flexibility index (Phi) is 3.32. The van der Waals surface area contributed by atoms with Crippen LogP contribution in [0.1, 0.15) is 16.8 Å². The summed E-state index contributed by atoms with van der Waals surface area (Å²) in [5.41, 5.74) is 9.92. The maximum atomic E-state index is 11.5. The fourth-order valence-corrected chi connectivity index (χ4v) is 2.90. The van der Waals surface area contributed by atoms with Crippen molar-refractivity contribution in [1.29, 1.82) is 0 Å². The number of nitrogens with zero attached hydrogens (tertiary/aromatic N) is 3. The van der Waals surface area contributed by atoms with Crippen LogP contribution in [0.15, 0.2) is 33.8 Å². The number of anilines is 1. The van der Waals surface area contributed by atoms with Gasteiger partial charge in [0.1, 0.15) is 0 Å². The van der Waals surface area contributed by atoms with Crippen molar-refractivity contribution in [3.63, 3.8) is 0 Å². The molecule has 0 saturated carbocycles. The molecule has 8 heteroatoms. The van der Waals surface area contributed by atoms with Crippen molar-refractivity contribution in [3.8, 4) is 0 Å². The van der Waals surface area contributed by atoms with Crippen LogP contribution in [0.4, 0.5) is 5.69 Å². The van der Waals surface area contributed by atoms with Gasteiger partial charge in [0.15, 0.2) is 15.4 Å². The Bertz CT molecular complexity index is 946. The molecule has 2 aromatic heterocycles. The van der Waals surface area contributed by atoms with Crippen molar-refractivity contribution in [2.75, 3.05) is 12.0 Å². The lowest BCUT2D eigenvalue weighted by molar-refractivity contribution is 0.315. The van der Waals surface area contributed by atoms with E-state index in [1.165, 1.54) is 6.26 Å². The molecule has 0 aliphatic carbocycles. The number of rotatable bonds is 3. The Hall–Kier alpha value is -2.48. The van der Waals surface area contributed by atoms with Gasteiger partial charge in [0, 0.05) is 23.9 Å². The molecule has 7 nitrogen and oxygen atoms in total. The summed E-state index contributed by atoms with van der Waals surface area (Å²) in [5, 5.41) is 7.44. The lowest BCUT2D eigenvalue weighted by atomic mass is 10.0. The highest BCUT2D eigenvalue weighted by Gasteiger charge is 2.15. The minimum atomic E-state index is -3.20. The van der Waals surface area contributed by atoms with Crippen molar-refractivity contribution in [3.05, 3.63) is 41.1 Å². The predicted octanol–water partition coefficient (Wildman–Crippen LogP) is 1.50. The van der Waals surface area contributed by atoms with Gasteiger partial charge in [-0.15, -0.1) is 0 Å². The van der Waals surface area contributed by atoms with Crippen LogP contribution in [-0.2, 0) is 16.3 Å². The number of sulfone groups is 1. The van der Waals surface area contributed by atoms with E-state index < -0.39 is 9.84 Å². The van der Waals surface area contributed by atoms with Gasteiger partial charge in [0.05, 0.1) is 10.6 Å². The number of fused-ring (bicyclic) bond motifs is 1. The van der Waals surface area contributed by atoms with E-state index in [1.54, 1.807) is 24.3 Å². The topological polar surface area (TPSA) is 112 Å². The summed E-state index contributed by atoms with van der Waals surface area (Å²) in [5.74, 6) is 0. The zero-order chi connectivity index (χ0) is 15.9. The molecule has 2 heterocycles. The zero-order valence-corrected chi connectivity index (χ0v) is 12.9. The third-order valence-corrected chi connectivity index (χ3v) is 4.62. The average Bonchev–Trinajstić information content (AvgIpc) is 2.91. The first kappa shape index (κ1) is 14.5. The van der Waals surface area contributed by atoms with Gasteiger partial charge in [-0.2, -0.15) is 0 Å². The predicted molar refractivity (Wildman–Crippen MR) is 81.1 cm³/mol. The van der Waals surface area contributed by atoms with E-state index in [0.29, 0.717) is 23.3 Å². The van der Waals surface area contributed by atoms with E-state index in [1.807, 2.05) is 6.92 Å². The van der Waals surface area contributed by atoms with Crippen LogP contribution in [-0.4, -0.2) is 30.0 Å². The SMILES string of the molecule is Cc1nc2nonc2c(N)c1Cc1ccc(S(C)(=O)=O)cc1. The number of benzene rings is 1. The monoisotopic (exact) mass is 318 g/mol. The summed E-state index contributed by atoms with van der Waals surface area (Å²) >= 11 is 0. The first-order valence-electron chi connectivity index (χ1n) is 6.52. The lowest BCUT2D eigenvalue weighted by Crippen LogP contribution is -2.03. The number of aryl methyl sites for hydroxylation is 1. The molecule has 0 aliphatic rings. The molecule has 0 aliphatic heterocycles. The van der Waals surface area contributed by atoms with Gasteiger partial charge in [-0.1, -0.05) is 12.1 Å². The van der Waals surface area contributed by atoms with Crippen molar-refractivity contribution < 1.29 is 13.0 Å². The number of nitrogen functional groups attached to an aromatic ring is 1. The molecule has 0 fully saturated rings. The highest BCUT2D eigenvalue weighted by molar-refractivity contribution is 7.90. The van der Waals surface area contributed by atoms with Gasteiger partial charge in [-0.3, -0.25) is 0 Å². The number of hydrogen-bond donors (Lipinski definition) is 1. The van der Waals surface area contributed by atoms with Gasteiger partial charge in [0.25, 0.3) is 0 Å². The molecule has 0 radical (unpaired) electrons. The van der Waals surface area contributed by atoms with Crippen molar-refractivity contribution in [2.24, 2.45) is 0 Å². The second kappa shape index (κ2) is 5.06. The first-order chi connectivity index (χ1) is 10.4. The highest BCUT2D eigenvalue weighted by atomic mass is 32.2. The van der Waals surface area contributed by atoms with Gasteiger partial charge < -0.3 is 5.73 Å². The Labute approximate surface area is 127 Å². The third kappa shape index (κ3) is 2.52. The van der Waals surface area contributed by atoms with E-state index in [0.717, 1.165) is 16.8 Å². The molecule has 22 heavy (non-hydrogen) atoms. The summed E-state index contributed by atoms with van der Waals surface area (Å²) in [4.78, 5) is 4.59. The molecule has 0 atom stereocenters. The molecule has 0 spiro atoms. The van der Waals surface area contributed by atoms with Crippen molar-refractivity contribution in [2.45, 2.75) is 18.2 Å². The summed E-state index contributed by atoms with van der Waals surface area (Å²) in [7, 11) is -3.20.